The number of carbonyl (C=O) groups excluding carboxylic acids is 5. The number of ether oxygens (including phenoxy) is 2. The van der Waals surface area contributed by atoms with Crippen LogP contribution in [0.25, 0.3) is 22.5 Å². The van der Waals surface area contributed by atoms with Crippen LogP contribution in [0.4, 0.5) is 5.69 Å². The standard InChI is InChI=1S/C52H72N6O7Si/c1-8-64-31-28-58-50-39-17-10-9-15-37(39)33-57(44-20-12-11-18-43(44)49(50)54-55-58)46(61)23-26-53-45(60)25-30-65-29-13-16-38(59)24-27-56-51(62)47-41-21-22-42(48(47)52(56)63)40(41)19-14-32-66(34(2)3,35(4)5)36(6)7/h9-12,15,17-18,20-22,34-36,40-42,47-48H,8,13-14,16,19,23-33H2,1-7H3,(H,53,60). The normalized spacial score (nSPS) is 20.8. The van der Waals surface area contributed by atoms with Crippen LogP contribution in [0, 0.1) is 29.6 Å². The molecule has 1 saturated heterocycles. The number of ketones is 1. The molecule has 2 aliphatic carbocycles. The zero-order valence-corrected chi connectivity index (χ0v) is 41.3. The number of hydrogen-bond acceptors (Lipinski definition) is 9. The average Bonchev–Trinajstić information content (AvgIpc) is 4.03. The molecule has 2 aromatic carbocycles. The Kier molecular flexibility index (Phi) is 16.3. The molecule has 66 heavy (non-hydrogen) atoms. The van der Waals surface area contributed by atoms with Gasteiger partial charge in [0.25, 0.3) is 0 Å². The third-order valence-electron chi connectivity index (χ3n) is 15.5. The zero-order valence-electron chi connectivity index (χ0n) is 40.3. The highest BCUT2D eigenvalue weighted by molar-refractivity contribution is 6.83. The Labute approximate surface area is 392 Å². The second-order valence-corrected chi connectivity index (χ2v) is 26.0. The number of anilines is 1. The van der Waals surface area contributed by atoms with E-state index in [4.69, 9.17) is 9.47 Å². The first-order valence-corrected chi connectivity index (χ1v) is 27.1. The molecular weight excluding hydrogens is 849 g/mol. The minimum atomic E-state index is -1.50. The van der Waals surface area contributed by atoms with Gasteiger partial charge in [0.2, 0.25) is 23.6 Å². The van der Waals surface area contributed by atoms with Crippen LogP contribution in [0.3, 0.4) is 0 Å². The fourth-order valence-corrected chi connectivity index (χ4v) is 18.8. The Balaban J connectivity index is 0.802. The fraction of sp³-hybridized carbons (Fsp3) is 0.596. The quantitative estimate of drug-likeness (QED) is 0.0403. The first-order valence-electron chi connectivity index (χ1n) is 24.7. The number of para-hydroxylation sites is 1. The zero-order chi connectivity index (χ0) is 47.1. The lowest BCUT2D eigenvalue weighted by atomic mass is 9.85. The van der Waals surface area contributed by atoms with Crippen LogP contribution in [-0.2, 0) is 46.5 Å². The number of carbonyl (C=O) groups is 5. The molecule has 2 bridgehead atoms. The number of rotatable bonds is 24. The molecule has 0 radical (unpaired) electrons. The smallest absolute Gasteiger partial charge is 0.233 e. The molecule has 4 atom stereocenters. The molecule has 13 nitrogen and oxygen atoms in total. The van der Waals surface area contributed by atoms with Crippen molar-refractivity contribution in [1.82, 2.24) is 25.2 Å². The summed E-state index contributed by atoms with van der Waals surface area (Å²) < 4.78 is 13.2. The molecule has 2 aliphatic heterocycles. The van der Waals surface area contributed by atoms with Gasteiger partial charge in [0.05, 0.1) is 57.6 Å². The second-order valence-electron chi connectivity index (χ2n) is 19.8. The summed E-state index contributed by atoms with van der Waals surface area (Å²) in [6.45, 7) is 19.2. The van der Waals surface area contributed by atoms with E-state index in [1.54, 1.807) is 4.90 Å². The van der Waals surface area contributed by atoms with Crippen LogP contribution in [-0.4, -0.2) is 96.9 Å². The van der Waals surface area contributed by atoms with E-state index < -0.39 is 8.07 Å². The predicted molar refractivity (Wildman–Crippen MR) is 259 cm³/mol. The largest absolute Gasteiger partial charge is 0.381 e. The Morgan fingerprint density at radius 2 is 1.44 bits per heavy atom. The SMILES string of the molecule is CCOCCn1nnc2c1-c1ccccc1CN(C(=O)CCNC(=O)CCOCCCC(=O)CCN1C(=O)C3C4C=CC(C4CCC[Si](C(C)C)(C(C)C)C(C)C)C3C1=O)c1ccccc1-2. The van der Waals surface area contributed by atoms with Crippen molar-refractivity contribution in [3.05, 3.63) is 66.2 Å². The maximum atomic E-state index is 13.9. The molecule has 4 aliphatic rings. The Bertz CT molecular complexity index is 2200. The van der Waals surface area contributed by atoms with Crippen molar-refractivity contribution >= 4 is 43.2 Å². The molecule has 3 aromatic rings. The van der Waals surface area contributed by atoms with Crippen molar-refractivity contribution in [3.63, 3.8) is 0 Å². The highest BCUT2D eigenvalue weighted by Crippen LogP contribution is 2.58. The molecule has 7 rings (SSSR count). The number of benzene rings is 2. The number of aromatic nitrogens is 3. The van der Waals surface area contributed by atoms with Gasteiger partial charge in [-0.05, 0) is 49.1 Å². The lowest BCUT2D eigenvalue weighted by Crippen LogP contribution is -2.44. The molecule has 3 heterocycles. The maximum absolute atomic E-state index is 13.9. The van der Waals surface area contributed by atoms with Crippen molar-refractivity contribution in [2.75, 3.05) is 44.4 Å². The maximum Gasteiger partial charge on any atom is 0.233 e. The third-order valence-corrected chi connectivity index (χ3v) is 23.1. The van der Waals surface area contributed by atoms with Crippen molar-refractivity contribution in [2.45, 2.75) is 129 Å². The predicted octanol–water partition coefficient (Wildman–Crippen LogP) is 8.64. The number of hydrogen-bond donors (Lipinski definition) is 1. The van der Waals surface area contributed by atoms with Gasteiger partial charge in [-0.25, -0.2) is 4.68 Å². The van der Waals surface area contributed by atoms with Crippen molar-refractivity contribution in [2.24, 2.45) is 29.6 Å². The van der Waals surface area contributed by atoms with Crippen molar-refractivity contribution in [1.29, 1.82) is 0 Å². The van der Waals surface area contributed by atoms with Crippen LogP contribution in [0.5, 0.6) is 0 Å². The number of fused-ring (bicyclic) bond motifs is 10. The van der Waals surface area contributed by atoms with Crippen LogP contribution in [0.2, 0.25) is 22.7 Å². The lowest BCUT2D eigenvalue weighted by molar-refractivity contribution is -0.141. The summed E-state index contributed by atoms with van der Waals surface area (Å²) in [4.78, 5) is 69.9. The Hall–Kier alpha value is -4.79. The number of nitrogens with zero attached hydrogens (tertiary/aromatic N) is 5. The Morgan fingerprint density at radius 3 is 2.12 bits per heavy atom. The first kappa shape index (κ1) is 49.1. The monoisotopic (exact) mass is 921 g/mol. The van der Waals surface area contributed by atoms with E-state index in [0.717, 1.165) is 57.5 Å². The number of allylic oxidation sites excluding steroid dienone is 2. The van der Waals surface area contributed by atoms with Gasteiger partial charge < -0.3 is 19.7 Å². The van der Waals surface area contributed by atoms with Gasteiger partial charge in [-0.1, -0.05) is 130 Å². The number of amides is 4. The minimum absolute atomic E-state index is 0.0128. The number of imide groups is 1. The van der Waals surface area contributed by atoms with E-state index in [1.807, 2.05) is 60.1 Å². The molecular formula is C52H72N6O7Si. The van der Waals surface area contributed by atoms with Gasteiger partial charge >= 0.3 is 0 Å². The summed E-state index contributed by atoms with van der Waals surface area (Å²) in [5, 5.41) is 11.9. The van der Waals surface area contributed by atoms with E-state index >= 15 is 0 Å². The summed E-state index contributed by atoms with van der Waals surface area (Å²) in [7, 11) is -1.50. The van der Waals surface area contributed by atoms with E-state index in [1.165, 1.54) is 10.9 Å². The molecule has 4 amide bonds. The van der Waals surface area contributed by atoms with E-state index in [0.29, 0.717) is 50.9 Å². The van der Waals surface area contributed by atoms with Gasteiger partial charge in [0.1, 0.15) is 11.5 Å². The fourth-order valence-electron chi connectivity index (χ4n) is 12.3. The number of nitrogens with one attached hydrogen (secondary N) is 1. The van der Waals surface area contributed by atoms with E-state index in [9.17, 15) is 24.0 Å². The molecule has 1 N–H and O–H groups in total. The average molecular weight is 921 g/mol. The van der Waals surface area contributed by atoms with Crippen LogP contribution in [0.15, 0.2) is 60.7 Å². The molecule has 1 saturated carbocycles. The van der Waals surface area contributed by atoms with Gasteiger partial charge in [-0.3, -0.25) is 28.9 Å². The van der Waals surface area contributed by atoms with Gasteiger partial charge in [0.15, 0.2) is 0 Å². The van der Waals surface area contributed by atoms with E-state index in [2.05, 4.69) is 69.3 Å². The molecule has 1 aromatic heterocycles. The van der Waals surface area contributed by atoms with Gasteiger partial charge in [0, 0.05) is 63.1 Å². The highest BCUT2D eigenvalue weighted by Gasteiger charge is 2.63. The summed E-state index contributed by atoms with van der Waals surface area (Å²) in [5.41, 5.74) is 7.20. The highest BCUT2D eigenvalue weighted by atomic mass is 28.3. The molecule has 2 fully saturated rings. The van der Waals surface area contributed by atoms with Crippen molar-refractivity contribution in [3.8, 4) is 22.5 Å². The number of likely N-dealkylation sites (tertiary alicyclic amines) is 1. The summed E-state index contributed by atoms with van der Waals surface area (Å²) in [5.74, 6) is -0.518. The first-order chi connectivity index (χ1) is 31.8. The lowest BCUT2D eigenvalue weighted by Gasteiger charge is -2.43. The van der Waals surface area contributed by atoms with Crippen LogP contribution >= 0.6 is 0 Å². The van der Waals surface area contributed by atoms with Gasteiger partial charge in [-0.2, -0.15) is 0 Å². The third kappa shape index (κ3) is 10.1. The Morgan fingerprint density at radius 1 is 0.773 bits per heavy atom. The van der Waals surface area contributed by atoms with Gasteiger partial charge in [-0.15, -0.1) is 5.10 Å². The molecule has 14 heteroatoms. The minimum Gasteiger partial charge on any atom is -0.381 e. The van der Waals surface area contributed by atoms with E-state index in [-0.39, 0.29) is 98.5 Å². The summed E-state index contributed by atoms with van der Waals surface area (Å²) >= 11 is 0. The molecule has 0 spiro atoms. The second kappa shape index (κ2) is 21.9. The molecule has 356 valence electrons. The summed E-state index contributed by atoms with van der Waals surface area (Å²) in [6, 6.07) is 17.0. The number of Topliss-reactive ketones (excluding diaryl/α,β-unsaturated/α-hetero) is 1. The van der Waals surface area contributed by atoms with Crippen LogP contribution in [0.1, 0.15) is 99.0 Å². The summed E-state index contributed by atoms with van der Waals surface area (Å²) in [6.07, 6.45) is 7.76. The van der Waals surface area contributed by atoms with Crippen molar-refractivity contribution < 1.29 is 33.4 Å². The topological polar surface area (TPSA) is 153 Å². The van der Waals surface area contributed by atoms with Crippen LogP contribution < -0.4 is 10.2 Å². The molecule has 4 unspecified atom stereocenters.